The molecule has 1 aromatic heterocycles. The molecule has 0 aliphatic carbocycles. The highest BCUT2D eigenvalue weighted by Crippen LogP contribution is 2.17. The van der Waals surface area contributed by atoms with Gasteiger partial charge in [-0.25, -0.2) is 0 Å². The van der Waals surface area contributed by atoms with E-state index < -0.39 is 5.97 Å². The van der Waals surface area contributed by atoms with Gasteiger partial charge in [0.25, 0.3) is 0 Å². The van der Waals surface area contributed by atoms with Crippen LogP contribution in [0.25, 0.3) is 0 Å². The number of carbonyl (C=O) groups is 2. The average molecular weight is 368 g/mol. The molecule has 1 fully saturated rings. The van der Waals surface area contributed by atoms with Crippen molar-refractivity contribution in [3.05, 3.63) is 21.9 Å². The number of nitrogens with zero attached hydrogens (tertiary/aromatic N) is 2. The van der Waals surface area contributed by atoms with Crippen LogP contribution < -0.4 is 5.32 Å². The minimum Gasteiger partial charge on any atom is -0.480 e. The van der Waals surface area contributed by atoms with Crippen molar-refractivity contribution in [2.45, 2.75) is 45.2 Å². The van der Waals surface area contributed by atoms with Gasteiger partial charge in [-0.3, -0.25) is 19.4 Å². The minimum atomic E-state index is -0.789. The van der Waals surface area contributed by atoms with E-state index in [1.165, 1.54) is 9.75 Å². The summed E-state index contributed by atoms with van der Waals surface area (Å²) < 4.78 is 0. The number of amides is 1. The van der Waals surface area contributed by atoms with Crippen LogP contribution in [0.1, 0.15) is 35.9 Å². The van der Waals surface area contributed by atoms with Crippen LogP contribution in [0, 0.1) is 0 Å². The van der Waals surface area contributed by atoms with Gasteiger partial charge in [-0.1, -0.05) is 6.92 Å². The van der Waals surface area contributed by atoms with Crippen LogP contribution in [0.4, 0.5) is 0 Å². The summed E-state index contributed by atoms with van der Waals surface area (Å²) in [6.45, 7) is 4.95. The predicted octanol–water partition coefficient (Wildman–Crippen LogP) is 1.80. The lowest BCUT2D eigenvalue weighted by atomic mass is 10.1. The zero-order chi connectivity index (χ0) is 18.2. The Morgan fingerprint density at radius 2 is 2.08 bits per heavy atom. The van der Waals surface area contributed by atoms with Crippen molar-refractivity contribution in [1.82, 2.24) is 15.1 Å². The molecule has 6 nitrogen and oxygen atoms in total. The van der Waals surface area contributed by atoms with E-state index in [1.807, 2.05) is 11.9 Å². The first kappa shape index (κ1) is 19.9. The second-order valence-corrected chi connectivity index (χ2v) is 7.92. The zero-order valence-electron chi connectivity index (χ0n) is 15.2. The molecule has 2 rings (SSSR count). The topological polar surface area (TPSA) is 72.9 Å². The van der Waals surface area contributed by atoms with Crippen LogP contribution in [0.2, 0.25) is 0 Å². The van der Waals surface area contributed by atoms with Gasteiger partial charge in [0.15, 0.2) is 0 Å². The highest BCUT2D eigenvalue weighted by atomic mass is 32.1. The molecule has 1 unspecified atom stereocenters. The molecule has 0 radical (unpaired) electrons. The molecule has 1 atom stereocenters. The van der Waals surface area contributed by atoms with Crippen molar-refractivity contribution in [2.24, 2.45) is 0 Å². The first-order valence-corrected chi connectivity index (χ1v) is 9.78. The van der Waals surface area contributed by atoms with Gasteiger partial charge in [0.2, 0.25) is 5.91 Å². The third kappa shape index (κ3) is 6.76. The lowest BCUT2D eigenvalue weighted by Gasteiger charge is -2.25. The van der Waals surface area contributed by atoms with E-state index in [0.717, 1.165) is 38.8 Å². The SMILES string of the molecule is CCc1ccc(CNC(=O)CN2CCCC(N(C)CC(=O)O)CC2)s1. The van der Waals surface area contributed by atoms with Gasteiger partial charge < -0.3 is 10.4 Å². The Balaban J connectivity index is 1.73. The second kappa shape index (κ2) is 9.89. The number of hydrogen-bond donors (Lipinski definition) is 2. The number of carboxylic acid groups (broad SMARTS) is 1. The van der Waals surface area contributed by atoms with Gasteiger partial charge in [-0.2, -0.15) is 0 Å². The van der Waals surface area contributed by atoms with Gasteiger partial charge in [-0.05, 0) is 51.4 Å². The minimum absolute atomic E-state index is 0.0591. The molecule has 1 aliphatic heterocycles. The number of aryl methyl sites for hydroxylation is 1. The number of hydrogen-bond acceptors (Lipinski definition) is 5. The third-order valence-corrected chi connectivity index (χ3v) is 5.92. The summed E-state index contributed by atoms with van der Waals surface area (Å²) in [5.74, 6) is -0.730. The normalized spacial score (nSPS) is 18.9. The van der Waals surface area contributed by atoms with Crippen LogP contribution in [0.15, 0.2) is 12.1 Å². The number of aliphatic carboxylic acids is 1. The summed E-state index contributed by atoms with van der Waals surface area (Å²) in [6.07, 6.45) is 3.91. The van der Waals surface area contributed by atoms with Crippen LogP contribution in [-0.2, 0) is 22.6 Å². The quantitative estimate of drug-likeness (QED) is 0.733. The molecule has 0 bridgehead atoms. The van der Waals surface area contributed by atoms with E-state index in [2.05, 4.69) is 29.3 Å². The number of thiophene rings is 1. The molecule has 2 N–H and O–H groups in total. The van der Waals surface area contributed by atoms with E-state index in [0.29, 0.717) is 13.1 Å². The van der Waals surface area contributed by atoms with E-state index in [9.17, 15) is 9.59 Å². The van der Waals surface area contributed by atoms with Crippen molar-refractivity contribution < 1.29 is 14.7 Å². The molecule has 0 spiro atoms. The van der Waals surface area contributed by atoms with E-state index >= 15 is 0 Å². The van der Waals surface area contributed by atoms with Crippen molar-refractivity contribution in [3.8, 4) is 0 Å². The number of likely N-dealkylation sites (N-methyl/N-ethyl adjacent to an activating group) is 1. The molecule has 25 heavy (non-hydrogen) atoms. The molecule has 7 heteroatoms. The van der Waals surface area contributed by atoms with Crippen LogP contribution in [-0.4, -0.2) is 66.1 Å². The number of likely N-dealkylation sites (tertiary alicyclic amines) is 1. The Morgan fingerprint density at radius 1 is 1.32 bits per heavy atom. The van der Waals surface area contributed by atoms with Crippen molar-refractivity contribution in [3.63, 3.8) is 0 Å². The first-order valence-electron chi connectivity index (χ1n) is 8.96. The van der Waals surface area contributed by atoms with Crippen molar-refractivity contribution in [1.29, 1.82) is 0 Å². The second-order valence-electron chi connectivity index (χ2n) is 6.67. The number of nitrogens with one attached hydrogen (secondary N) is 1. The number of carbonyl (C=O) groups excluding carboxylic acids is 1. The summed E-state index contributed by atoms with van der Waals surface area (Å²) in [6, 6.07) is 4.48. The molecule has 1 aliphatic rings. The Morgan fingerprint density at radius 3 is 2.76 bits per heavy atom. The third-order valence-electron chi connectivity index (χ3n) is 4.69. The maximum absolute atomic E-state index is 12.2. The molecule has 140 valence electrons. The molecule has 1 amide bonds. The Labute approximate surface area is 153 Å². The monoisotopic (exact) mass is 367 g/mol. The van der Waals surface area contributed by atoms with Crippen LogP contribution in [0.3, 0.4) is 0 Å². The van der Waals surface area contributed by atoms with Crippen LogP contribution >= 0.6 is 11.3 Å². The van der Waals surface area contributed by atoms with Crippen LogP contribution in [0.5, 0.6) is 0 Å². The molecule has 1 saturated heterocycles. The molecule has 0 saturated carbocycles. The fourth-order valence-corrected chi connectivity index (χ4v) is 4.13. The van der Waals surface area contributed by atoms with Gasteiger partial charge >= 0.3 is 5.97 Å². The maximum atomic E-state index is 12.2. The largest absolute Gasteiger partial charge is 0.480 e. The molecule has 2 heterocycles. The Hall–Kier alpha value is -1.44. The molecule has 1 aromatic rings. The number of carboxylic acids is 1. The average Bonchev–Trinajstić information content (AvgIpc) is 2.90. The Bertz CT molecular complexity index is 576. The zero-order valence-corrected chi connectivity index (χ0v) is 16.0. The van der Waals surface area contributed by atoms with Crippen molar-refractivity contribution >= 4 is 23.2 Å². The van der Waals surface area contributed by atoms with Gasteiger partial charge in [0.05, 0.1) is 19.6 Å². The molecular weight excluding hydrogens is 338 g/mol. The lowest BCUT2D eigenvalue weighted by molar-refractivity contribution is -0.138. The van der Waals surface area contributed by atoms with E-state index in [4.69, 9.17) is 5.11 Å². The highest BCUT2D eigenvalue weighted by Gasteiger charge is 2.22. The lowest BCUT2D eigenvalue weighted by Crippen LogP contribution is -2.39. The highest BCUT2D eigenvalue weighted by molar-refractivity contribution is 7.11. The van der Waals surface area contributed by atoms with Gasteiger partial charge in [0, 0.05) is 22.3 Å². The number of rotatable bonds is 8. The van der Waals surface area contributed by atoms with Crippen molar-refractivity contribution in [2.75, 3.05) is 33.2 Å². The fraction of sp³-hybridized carbons (Fsp3) is 0.667. The summed E-state index contributed by atoms with van der Waals surface area (Å²) in [7, 11) is 1.87. The van der Waals surface area contributed by atoms with Gasteiger partial charge in [-0.15, -0.1) is 11.3 Å². The predicted molar refractivity (Wildman–Crippen MR) is 99.9 cm³/mol. The van der Waals surface area contributed by atoms with Gasteiger partial charge in [0.1, 0.15) is 0 Å². The summed E-state index contributed by atoms with van der Waals surface area (Å²) in [5.41, 5.74) is 0. The summed E-state index contributed by atoms with van der Waals surface area (Å²) in [5, 5.41) is 11.9. The molecule has 0 aromatic carbocycles. The summed E-state index contributed by atoms with van der Waals surface area (Å²) in [4.78, 5) is 29.7. The first-order chi connectivity index (χ1) is 12.0. The van der Waals surface area contributed by atoms with E-state index in [-0.39, 0.29) is 18.5 Å². The maximum Gasteiger partial charge on any atom is 0.317 e. The smallest absolute Gasteiger partial charge is 0.317 e. The molecular formula is C18H29N3O3S. The summed E-state index contributed by atoms with van der Waals surface area (Å²) >= 11 is 1.75. The van der Waals surface area contributed by atoms with E-state index in [1.54, 1.807) is 11.3 Å². The fourth-order valence-electron chi connectivity index (χ4n) is 3.23. The standard InChI is InChI=1S/C18H29N3O3S/c1-3-15-6-7-16(25-15)11-19-17(22)12-21-9-4-5-14(8-10-21)20(2)13-18(23)24/h6-7,14H,3-5,8-13H2,1-2H3,(H,19,22)(H,23,24). The Kier molecular flexibility index (Phi) is 7.87.